The van der Waals surface area contributed by atoms with E-state index in [0.717, 1.165) is 24.1 Å². The number of rotatable bonds is 2. The van der Waals surface area contributed by atoms with Gasteiger partial charge in [0.2, 0.25) is 0 Å². The van der Waals surface area contributed by atoms with Crippen LogP contribution < -0.4 is 5.32 Å². The number of nitrogens with zero attached hydrogens (tertiary/aromatic N) is 3. The van der Waals surface area contributed by atoms with E-state index < -0.39 is 0 Å². The summed E-state index contributed by atoms with van der Waals surface area (Å²) in [7, 11) is 0. The topological polar surface area (TPSA) is 42.2 Å². The Hall–Kier alpha value is -0.970. The van der Waals surface area contributed by atoms with Crippen LogP contribution in [0.4, 0.5) is 5.82 Å². The molecule has 5 heteroatoms. The second kappa shape index (κ2) is 4.04. The predicted molar refractivity (Wildman–Crippen MR) is 60.9 cm³/mol. The molecule has 0 spiro atoms. The van der Waals surface area contributed by atoms with Gasteiger partial charge in [-0.15, -0.1) is 0 Å². The highest BCUT2D eigenvalue weighted by molar-refractivity contribution is 8.15. The molecule has 76 valence electrons. The molecule has 0 saturated carbocycles. The Morgan fingerprint density at radius 3 is 3.14 bits per heavy atom. The molecule has 4 nitrogen and oxygen atoms in total. The largest absolute Gasteiger partial charge is 0.318 e. The fraction of sp³-hybridized carbons (Fsp3) is 0.556. The minimum atomic E-state index is 0.589. The molecule has 1 unspecified atom stereocenters. The summed E-state index contributed by atoms with van der Waals surface area (Å²) in [5, 5.41) is 9.11. The number of aliphatic imine (C=N–C) groups is 1. The number of aryl methyl sites for hydroxylation is 1. The number of nitrogens with one attached hydrogen (secondary N) is 1. The molecule has 0 bridgehead atoms. The van der Waals surface area contributed by atoms with Gasteiger partial charge in [0.25, 0.3) is 0 Å². The van der Waals surface area contributed by atoms with Crippen LogP contribution >= 0.6 is 11.8 Å². The zero-order valence-corrected chi connectivity index (χ0v) is 9.21. The quantitative estimate of drug-likeness (QED) is 0.809. The maximum Gasteiger partial charge on any atom is 0.162 e. The fourth-order valence-corrected chi connectivity index (χ4v) is 2.10. The first kappa shape index (κ1) is 9.58. The Morgan fingerprint density at radius 2 is 2.57 bits per heavy atom. The summed E-state index contributed by atoms with van der Waals surface area (Å²) < 4.78 is 1.89. The summed E-state index contributed by atoms with van der Waals surface area (Å²) in [4.78, 5) is 4.37. The van der Waals surface area contributed by atoms with Gasteiger partial charge >= 0.3 is 0 Å². The number of aromatic nitrogens is 2. The third kappa shape index (κ3) is 2.09. The van der Waals surface area contributed by atoms with E-state index in [1.165, 1.54) is 0 Å². The summed E-state index contributed by atoms with van der Waals surface area (Å²) in [5.74, 6) is 0.882. The van der Waals surface area contributed by atoms with Gasteiger partial charge in [-0.1, -0.05) is 18.7 Å². The number of hydrogen-bond acceptors (Lipinski definition) is 4. The molecule has 0 amide bonds. The van der Waals surface area contributed by atoms with Crippen LogP contribution in [0.1, 0.15) is 13.8 Å². The number of thioether (sulfide) groups is 1. The van der Waals surface area contributed by atoms with E-state index in [-0.39, 0.29) is 0 Å². The molecule has 1 aromatic heterocycles. The van der Waals surface area contributed by atoms with Crippen LogP contribution in [-0.2, 0) is 6.54 Å². The molecule has 2 rings (SSSR count). The van der Waals surface area contributed by atoms with Crippen LogP contribution in [0, 0.1) is 0 Å². The Labute approximate surface area is 87.8 Å². The van der Waals surface area contributed by atoms with Gasteiger partial charge in [-0.25, -0.2) is 0 Å². The SMILES string of the molecule is CCn1ccc(NC2=NCC(C)S2)n1. The van der Waals surface area contributed by atoms with Crippen molar-refractivity contribution in [3.05, 3.63) is 12.3 Å². The van der Waals surface area contributed by atoms with Gasteiger partial charge in [0.05, 0.1) is 6.54 Å². The minimum Gasteiger partial charge on any atom is -0.318 e. The van der Waals surface area contributed by atoms with Gasteiger partial charge in [0.15, 0.2) is 11.0 Å². The lowest BCUT2D eigenvalue weighted by atomic mass is 10.5. The number of hydrogen-bond donors (Lipinski definition) is 1. The van der Waals surface area contributed by atoms with Gasteiger partial charge in [-0.05, 0) is 6.92 Å². The average molecular weight is 210 g/mol. The van der Waals surface area contributed by atoms with Crippen molar-refractivity contribution in [2.45, 2.75) is 25.6 Å². The first-order valence-electron chi connectivity index (χ1n) is 4.79. The van der Waals surface area contributed by atoms with Crippen molar-refractivity contribution in [1.29, 1.82) is 0 Å². The second-order valence-electron chi connectivity index (χ2n) is 3.26. The maximum atomic E-state index is 4.37. The van der Waals surface area contributed by atoms with E-state index in [0.29, 0.717) is 5.25 Å². The van der Waals surface area contributed by atoms with E-state index in [2.05, 4.69) is 29.3 Å². The highest BCUT2D eigenvalue weighted by Crippen LogP contribution is 2.21. The predicted octanol–water partition coefficient (Wildman–Crippen LogP) is 1.81. The monoisotopic (exact) mass is 210 g/mol. The smallest absolute Gasteiger partial charge is 0.162 e. The Balaban J connectivity index is 1.97. The molecule has 1 aliphatic heterocycles. The second-order valence-corrected chi connectivity index (χ2v) is 4.68. The van der Waals surface area contributed by atoms with Gasteiger partial charge in [0.1, 0.15) is 0 Å². The lowest BCUT2D eigenvalue weighted by Crippen LogP contribution is -2.07. The van der Waals surface area contributed by atoms with Crippen LogP contribution in [-0.4, -0.2) is 26.7 Å². The summed E-state index contributed by atoms with van der Waals surface area (Å²) in [6.07, 6.45) is 1.96. The van der Waals surface area contributed by atoms with Crippen molar-refractivity contribution in [2.75, 3.05) is 11.9 Å². The average Bonchev–Trinajstić information content (AvgIpc) is 2.76. The summed E-state index contributed by atoms with van der Waals surface area (Å²) in [6, 6.07) is 1.97. The molecule has 14 heavy (non-hydrogen) atoms. The third-order valence-electron chi connectivity index (χ3n) is 2.00. The lowest BCUT2D eigenvalue weighted by Gasteiger charge is -2.01. The summed E-state index contributed by atoms with van der Waals surface area (Å²) >= 11 is 1.77. The van der Waals surface area contributed by atoms with Crippen molar-refractivity contribution < 1.29 is 0 Å². The van der Waals surface area contributed by atoms with Gasteiger partial charge in [0, 0.05) is 24.1 Å². The molecule has 2 heterocycles. The first-order valence-corrected chi connectivity index (χ1v) is 5.67. The highest BCUT2D eigenvalue weighted by Gasteiger charge is 2.15. The van der Waals surface area contributed by atoms with Crippen molar-refractivity contribution in [3.63, 3.8) is 0 Å². The molecule has 1 aromatic rings. The van der Waals surface area contributed by atoms with E-state index in [1.54, 1.807) is 11.8 Å². The molecular formula is C9H14N4S. The van der Waals surface area contributed by atoms with Crippen LogP contribution in [0.25, 0.3) is 0 Å². The molecule has 0 radical (unpaired) electrons. The van der Waals surface area contributed by atoms with Crippen molar-refractivity contribution in [3.8, 4) is 0 Å². The summed E-state index contributed by atoms with van der Waals surface area (Å²) in [5.41, 5.74) is 0. The van der Waals surface area contributed by atoms with Gasteiger partial charge in [-0.3, -0.25) is 9.67 Å². The van der Waals surface area contributed by atoms with Crippen LogP contribution in [0.2, 0.25) is 0 Å². The van der Waals surface area contributed by atoms with E-state index >= 15 is 0 Å². The molecule has 0 aliphatic carbocycles. The normalized spacial score (nSPS) is 21.0. The fourth-order valence-electron chi connectivity index (χ4n) is 1.26. The van der Waals surface area contributed by atoms with Crippen LogP contribution in [0.15, 0.2) is 17.3 Å². The maximum absolute atomic E-state index is 4.37. The summed E-state index contributed by atoms with van der Waals surface area (Å²) in [6.45, 7) is 6.05. The highest BCUT2D eigenvalue weighted by atomic mass is 32.2. The minimum absolute atomic E-state index is 0.589. The van der Waals surface area contributed by atoms with E-state index in [9.17, 15) is 0 Å². The zero-order chi connectivity index (χ0) is 9.97. The number of amidine groups is 1. The van der Waals surface area contributed by atoms with Crippen molar-refractivity contribution in [2.24, 2.45) is 4.99 Å². The molecule has 1 atom stereocenters. The Morgan fingerprint density at radius 1 is 1.71 bits per heavy atom. The molecule has 0 fully saturated rings. The van der Waals surface area contributed by atoms with Gasteiger partial charge < -0.3 is 5.32 Å². The lowest BCUT2D eigenvalue weighted by molar-refractivity contribution is 0.663. The van der Waals surface area contributed by atoms with Crippen LogP contribution in [0.3, 0.4) is 0 Å². The molecule has 0 saturated heterocycles. The third-order valence-corrected chi connectivity index (χ3v) is 3.01. The molecule has 1 N–H and O–H groups in total. The molecular weight excluding hydrogens is 196 g/mol. The molecule has 1 aliphatic rings. The Kier molecular flexibility index (Phi) is 2.77. The number of anilines is 1. The van der Waals surface area contributed by atoms with Crippen LogP contribution in [0.5, 0.6) is 0 Å². The van der Waals surface area contributed by atoms with E-state index in [4.69, 9.17) is 0 Å². The molecule has 0 aromatic carbocycles. The van der Waals surface area contributed by atoms with Crippen molar-refractivity contribution >= 4 is 22.7 Å². The first-order chi connectivity index (χ1) is 6.78. The van der Waals surface area contributed by atoms with Gasteiger partial charge in [-0.2, -0.15) is 5.10 Å². The van der Waals surface area contributed by atoms with Crippen molar-refractivity contribution in [1.82, 2.24) is 9.78 Å². The Bertz CT molecular complexity index is 344. The van der Waals surface area contributed by atoms with E-state index in [1.807, 2.05) is 16.9 Å². The standard InChI is InChI=1S/C9H14N4S/c1-3-13-5-4-8(12-13)11-9-10-6-7(2)14-9/h4-5,7H,3,6H2,1-2H3,(H,10,11,12). The zero-order valence-electron chi connectivity index (χ0n) is 8.40.